The predicted molar refractivity (Wildman–Crippen MR) is 95.2 cm³/mol. The molecule has 3 heterocycles. The third-order valence-electron chi connectivity index (χ3n) is 4.52. The monoisotopic (exact) mass is 344 g/mol. The summed E-state index contributed by atoms with van der Waals surface area (Å²) in [6, 6.07) is 8.15. The zero-order valence-electron chi connectivity index (χ0n) is 13.9. The van der Waals surface area contributed by atoms with Gasteiger partial charge in [0.25, 0.3) is 0 Å². The number of aromatic nitrogens is 3. The molecule has 0 amide bonds. The number of fused-ring (bicyclic) bond motifs is 3. The zero-order valence-corrected chi connectivity index (χ0v) is 14.7. The molecule has 0 spiro atoms. The van der Waals surface area contributed by atoms with Crippen molar-refractivity contribution in [1.82, 2.24) is 19.1 Å². The summed E-state index contributed by atoms with van der Waals surface area (Å²) in [4.78, 5) is 2.31. The van der Waals surface area contributed by atoms with E-state index in [2.05, 4.69) is 24.0 Å². The molecule has 7 heteroatoms. The molecule has 0 bridgehead atoms. The van der Waals surface area contributed by atoms with Crippen LogP contribution in [-0.4, -0.2) is 52.5 Å². The Morgan fingerprint density at radius 3 is 2.79 bits per heavy atom. The molecule has 0 atom stereocenters. The van der Waals surface area contributed by atoms with Gasteiger partial charge in [0, 0.05) is 24.5 Å². The van der Waals surface area contributed by atoms with Gasteiger partial charge in [-0.05, 0) is 42.9 Å². The number of hydrogen-bond acceptors (Lipinski definition) is 5. The van der Waals surface area contributed by atoms with Crippen LogP contribution in [0.1, 0.15) is 5.56 Å². The molecule has 6 nitrogen and oxygen atoms in total. The van der Waals surface area contributed by atoms with Crippen LogP contribution in [0.25, 0.3) is 16.6 Å². The van der Waals surface area contributed by atoms with Gasteiger partial charge in [-0.1, -0.05) is 0 Å². The summed E-state index contributed by atoms with van der Waals surface area (Å²) in [5, 5.41) is 5.88. The molecular formula is C17H20N4O2S. The van der Waals surface area contributed by atoms with Gasteiger partial charge in [-0.25, -0.2) is 4.68 Å². The maximum atomic E-state index is 5.71. The van der Waals surface area contributed by atoms with E-state index in [1.807, 2.05) is 21.2 Å². The molecule has 126 valence electrons. The Morgan fingerprint density at radius 2 is 2.04 bits per heavy atom. The van der Waals surface area contributed by atoms with Crippen molar-refractivity contribution >= 4 is 28.8 Å². The molecule has 1 saturated heterocycles. The number of aryl methyl sites for hydroxylation is 1. The summed E-state index contributed by atoms with van der Waals surface area (Å²) in [6.07, 6.45) is 0. The van der Waals surface area contributed by atoms with Crippen LogP contribution in [-0.2, 0) is 11.4 Å². The predicted octanol–water partition coefficient (Wildman–Crippen LogP) is 2.63. The van der Waals surface area contributed by atoms with Crippen LogP contribution in [0.5, 0.6) is 5.75 Å². The topological polar surface area (TPSA) is 43.9 Å². The molecule has 1 aliphatic heterocycles. The van der Waals surface area contributed by atoms with Gasteiger partial charge in [0.2, 0.25) is 4.77 Å². The molecular weight excluding hydrogens is 324 g/mol. The van der Waals surface area contributed by atoms with Gasteiger partial charge in [-0.2, -0.15) is 5.10 Å². The Balaban J connectivity index is 1.87. The lowest BCUT2D eigenvalue weighted by Gasteiger charge is -2.25. The largest absolute Gasteiger partial charge is 0.497 e. The Morgan fingerprint density at radius 1 is 1.25 bits per heavy atom. The van der Waals surface area contributed by atoms with Gasteiger partial charge in [0.1, 0.15) is 5.75 Å². The number of morpholine rings is 1. The van der Waals surface area contributed by atoms with Gasteiger partial charge in [-0.3, -0.25) is 9.30 Å². The highest BCUT2D eigenvalue weighted by atomic mass is 32.1. The Hall–Kier alpha value is -1.96. The highest BCUT2D eigenvalue weighted by Gasteiger charge is 2.15. The Kier molecular flexibility index (Phi) is 3.99. The van der Waals surface area contributed by atoms with E-state index in [1.54, 1.807) is 7.11 Å². The van der Waals surface area contributed by atoms with Crippen molar-refractivity contribution in [2.45, 2.75) is 13.6 Å². The van der Waals surface area contributed by atoms with Crippen molar-refractivity contribution in [3.05, 3.63) is 34.6 Å². The summed E-state index contributed by atoms with van der Waals surface area (Å²) in [7, 11) is 1.68. The fraction of sp³-hybridized carbons (Fsp3) is 0.412. The molecule has 4 rings (SSSR count). The number of pyridine rings is 1. The first kappa shape index (κ1) is 15.6. The van der Waals surface area contributed by atoms with Crippen LogP contribution in [0.3, 0.4) is 0 Å². The lowest BCUT2D eigenvalue weighted by Crippen LogP contribution is -2.37. The van der Waals surface area contributed by atoms with Crippen LogP contribution in [0.15, 0.2) is 24.3 Å². The smallest absolute Gasteiger partial charge is 0.204 e. The number of ether oxygens (including phenoxy) is 2. The fourth-order valence-corrected chi connectivity index (χ4v) is 3.49. The van der Waals surface area contributed by atoms with E-state index >= 15 is 0 Å². The molecule has 3 aromatic rings. The van der Waals surface area contributed by atoms with Gasteiger partial charge in [0.05, 0.1) is 32.5 Å². The number of rotatable bonds is 3. The quantitative estimate of drug-likeness (QED) is 0.684. The lowest BCUT2D eigenvalue weighted by molar-refractivity contribution is 0.0210. The van der Waals surface area contributed by atoms with Crippen molar-refractivity contribution in [1.29, 1.82) is 0 Å². The highest BCUT2D eigenvalue weighted by Crippen LogP contribution is 2.25. The summed E-state index contributed by atoms with van der Waals surface area (Å²) in [6.45, 7) is 6.12. The molecule has 24 heavy (non-hydrogen) atoms. The van der Waals surface area contributed by atoms with Crippen LogP contribution in [0.4, 0.5) is 0 Å². The van der Waals surface area contributed by atoms with Crippen molar-refractivity contribution in [3.8, 4) is 5.75 Å². The first-order valence-corrected chi connectivity index (χ1v) is 8.45. The molecule has 1 fully saturated rings. The molecule has 2 aromatic heterocycles. The van der Waals surface area contributed by atoms with Crippen LogP contribution < -0.4 is 4.74 Å². The maximum absolute atomic E-state index is 5.71. The van der Waals surface area contributed by atoms with Crippen molar-refractivity contribution in [3.63, 3.8) is 0 Å². The van der Waals surface area contributed by atoms with Crippen LogP contribution in [0.2, 0.25) is 0 Å². The third-order valence-corrected chi connectivity index (χ3v) is 4.91. The second kappa shape index (κ2) is 6.16. The molecule has 0 unspecified atom stereocenters. The Labute approximate surface area is 145 Å². The van der Waals surface area contributed by atoms with E-state index in [9.17, 15) is 0 Å². The normalized spacial score (nSPS) is 16.1. The first-order chi connectivity index (χ1) is 11.7. The fourth-order valence-electron chi connectivity index (χ4n) is 3.20. The molecule has 0 saturated carbocycles. The Bertz CT molecular complexity index is 957. The SMILES string of the molecule is COc1ccc2c(C)cc3nn(CN4CCOCC4)c(=S)n3c2c1. The summed E-state index contributed by atoms with van der Waals surface area (Å²) in [5.74, 6) is 0.817. The third kappa shape index (κ3) is 2.58. The van der Waals surface area contributed by atoms with E-state index in [0.717, 1.165) is 48.6 Å². The lowest BCUT2D eigenvalue weighted by atomic mass is 10.1. The van der Waals surface area contributed by atoms with Crippen molar-refractivity contribution in [2.24, 2.45) is 0 Å². The average Bonchev–Trinajstić information content (AvgIpc) is 2.91. The number of nitrogens with zero attached hydrogens (tertiary/aromatic N) is 4. The first-order valence-electron chi connectivity index (χ1n) is 8.04. The summed E-state index contributed by atoms with van der Waals surface area (Å²) >= 11 is 5.71. The van der Waals surface area contributed by atoms with E-state index in [4.69, 9.17) is 26.8 Å². The van der Waals surface area contributed by atoms with Gasteiger partial charge in [0.15, 0.2) is 5.65 Å². The van der Waals surface area contributed by atoms with Gasteiger partial charge < -0.3 is 9.47 Å². The highest BCUT2D eigenvalue weighted by molar-refractivity contribution is 7.71. The van der Waals surface area contributed by atoms with Gasteiger partial charge >= 0.3 is 0 Å². The number of hydrogen-bond donors (Lipinski definition) is 0. The van der Waals surface area contributed by atoms with Gasteiger partial charge in [-0.15, -0.1) is 0 Å². The number of methoxy groups -OCH3 is 1. The molecule has 0 N–H and O–H groups in total. The average molecular weight is 344 g/mol. The van der Waals surface area contributed by atoms with Crippen LogP contribution >= 0.6 is 12.2 Å². The standard InChI is InChI=1S/C17H20N4O2S/c1-12-9-16-18-20(11-19-5-7-23-8-6-19)17(24)21(16)15-10-13(22-2)3-4-14(12)15/h3-4,9-10H,5-8,11H2,1-2H3. The van der Waals surface area contributed by atoms with Crippen molar-refractivity contribution in [2.75, 3.05) is 33.4 Å². The van der Waals surface area contributed by atoms with E-state index in [0.29, 0.717) is 11.4 Å². The molecule has 1 aliphatic rings. The summed E-state index contributed by atoms with van der Waals surface area (Å²) in [5.41, 5.74) is 3.08. The summed E-state index contributed by atoms with van der Waals surface area (Å²) < 4.78 is 15.4. The zero-order chi connectivity index (χ0) is 16.7. The van der Waals surface area contributed by atoms with Crippen molar-refractivity contribution < 1.29 is 9.47 Å². The molecule has 0 radical (unpaired) electrons. The van der Waals surface area contributed by atoms with E-state index in [-0.39, 0.29) is 0 Å². The number of benzene rings is 1. The molecule has 1 aromatic carbocycles. The minimum atomic E-state index is 0.689. The second-order valence-corrected chi connectivity index (χ2v) is 6.42. The second-order valence-electron chi connectivity index (χ2n) is 6.06. The maximum Gasteiger partial charge on any atom is 0.204 e. The minimum absolute atomic E-state index is 0.689. The minimum Gasteiger partial charge on any atom is -0.497 e. The van der Waals surface area contributed by atoms with E-state index < -0.39 is 0 Å². The van der Waals surface area contributed by atoms with E-state index in [1.165, 1.54) is 5.56 Å². The molecule has 0 aliphatic carbocycles. The van der Waals surface area contributed by atoms with Crippen LogP contribution in [0, 0.1) is 11.7 Å².